The molecule has 0 unspecified atom stereocenters. The Kier molecular flexibility index (Phi) is 6.03. The number of amides is 1. The zero-order chi connectivity index (χ0) is 20.8. The van der Waals surface area contributed by atoms with Crippen molar-refractivity contribution in [2.45, 2.75) is 10.8 Å². The monoisotopic (exact) mass is 401 g/mol. The van der Waals surface area contributed by atoms with Crippen LogP contribution in [0.25, 0.3) is 11.3 Å². The molecule has 1 amide bonds. The minimum absolute atomic E-state index is 0.0374. The predicted octanol–water partition coefficient (Wildman–Crippen LogP) is 2.52. The minimum atomic E-state index is -0.284. The van der Waals surface area contributed by atoms with Gasteiger partial charge in [0, 0.05) is 30.8 Å². The molecule has 0 radical (unpaired) electrons. The predicted molar refractivity (Wildman–Crippen MR) is 108 cm³/mol. The lowest BCUT2D eigenvalue weighted by Gasteiger charge is -2.12. The van der Waals surface area contributed by atoms with E-state index < -0.39 is 0 Å². The molecule has 0 atom stereocenters. The third-order valence-electron chi connectivity index (χ3n) is 4.00. The number of nitriles is 2. The van der Waals surface area contributed by atoms with Crippen molar-refractivity contribution in [2.75, 3.05) is 12.8 Å². The normalized spacial score (nSPS) is 10.0. The first-order valence-electron chi connectivity index (χ1n) is 8.44. The van der Waals surface area contributed by atoms with Gasteiger partial charge in [0.1, 0.15) is 34.2 Å². The van der Waals surface area contributed by atoms with Gasteiger partial charge >= 0.3 is 0 Å². The Labute approximate surface area is 171 Å². The second-order valence-corrected chi connectivity index (χ2v) is 6.75. The van der Waals surface area contributed by atoms with E-state index in [2.05, 4.69) is 26.3 Å². The number of carbonyl (C=O) groups is 1. The number of carbonyl (C=O) groups excluding carboxylic acids is 1. The van der Waals surface area contributed by atoms with Gasteiger partial charge in [0.25, 0.3) is 5.91 Å². The van der Waals surface area contributed by atoms with Crippen molar-refractivity contribution in [3.8, 4) is 23.4 Å². The Morgan fingerprint density at radius 3 is 2.62 bits per heavy atom. The number of pyridine rings is 3. The summed E-state index contributed by atoms with van der Waals surface area (Å²) in [5.41, 5.74) is 8.32. The van der Waals surface area contributed by atoms with E-state index in [4.69, 9.17) is 5.73 Å². The van der Waals surface area contributed by atoms with Gasteiger partial charge in [0.2, 0.25) is 0 Å². The van der Waals surface area contributed by atoms with Crippen molar-refractivity contribution in [1.82, 2.24) is 20.3 Å². The number of rotatable bonds is 5. The third kappa shape index (κ3) is 4.15. The van der Waals surface area contributed by atoms with Crippen LogP contribution in [0.5, 0.6) is 0 Å². The first-order chi connectivity index (χ1) is 14.1. The van der Waals surface area contributed by atoms with E-state index in [9.17, 15) is 15.3 Å². The van der Waals surface area contributed by atoms with E-state index in [1.165, 1.54) is 18.8 Å². The third-order valence-corrected chi connectivity index (χ3v) is 5.04. The highest BCUT2D eigenvalue weighted by molar-refractivity contribution is 7.98. The van der Waals surface area contributed by atoms with Gasteiger partial charge in [-0.15, -0.1) is 11.8 Å². The molecule has 0 aliphatic rings. The lowest BCUT2D eigenvalue weighted by molar-refractivity contribution is 0.0958. The smallest absolute Gasteiger partial charge is 0.269 e. The summed E-state index contributed by atoms with van der Waals surface area (Å²) in [6, 6.07) is 12.8. The number of nitrogens with one attached hydrogen (secondary N) is 1. The number of nitrogens with two attached hydrogens (primary N) is 1. The zero-order valence-corrected chi connectivity index (χ0v) is 16.2. The summed E-state index contributed by atoms with van der Waals surface area (Å²) in [5, 5.41) is 22.2. The number of anilines is 1. The standard InChI is InChI=1S/C20H15N7OS/c1-24-19(28)16-8-12(5-7-26-16)11-29-20-14(10-22)17(13(9-21)18(23)27-20)15-4-2-3-6-25-15/h2-8H,11H2,1H3,(H2,23,27)(H,24,28). The van der Waals surface area contributed by atoms with E-state index in [0.717, 1.165) is 5.56 Å². The van der Waals surface area contributed by atoms with E-state index in [-0.39, 0.29) is 22.9 Å². The van der Waals surface area contributed by atoms with Gasteiger partial charge in [-0.05, 0) is 29.8 Å². The quantitative estimate of drug-likeness (QED) is 0.621. The number of thioether (sulfide) groups is 1. The summed E-state index contributed by atoms with van der Waals surface area (Å²) in [6.07, 6.45) is 3.13. The van der Waals surface area contributed by atoms with Crippen molar-refractivity contribution in [1.29, 1.82) is 10.5 Å². The molecule has 29 heavy (non-hydrogen) atoms. The lowest BCUT2D eigenvalue weighted by atomic mass is 10.0. The molecule has 0 saturated carbocycles. The van der Waals surface area contributed by atoms with Gasteiger partial charge in [0.15, 0.2) is 0 Å². The average Bonchev–Trinajstić information content (AvgIpc) is 2.77. The summed E-state index contributed by atoms with van der Waals surface area (Å²) < 4.78 is 0. The van der Waals surface area contributed by atoms with Crippen LogP contribution in [0.2, 0.25) is 0 Å². The summed E-state index contributed by atoms with van der Waals surface area (Å²) in [7, 11) is 1.53. The van der Waals surface area contributed by atoms with Gasteiger partial charge < -0.3 is 11.1 Å². The van der Waals surface area contributed by atoms with Gasteiger partial charge in [-0.3, -0.25) is 14.8 Å². The molecule has 0 aromatic carbocycles. The first-order valence-corrected chi connectivity index (χ1v) is 9.42. The van der Waals surface area contributed by atoms with Crippen molar-refractivity contribution >= 4 is 23.5 Å². The van der Waals surface area contributed by atoms with Crippen LogP contribution in [0.1, 0.15) is 27.2 Å². The molecule has 3 aromatic rings. The highest BCUT2D eigenvalue weighted by atomic mass is 32.2. The largest absolute Gasteiger partial charge is 0.383 e. The summed E-state index contributed by atoms with van der Waals surface area (Å²) in [5.74, 6) is 0.185. The lowest BCUT2D eigenvalue weighted by Crippen LogP contribution is -2.19. The van der Waals surface area contributed by atoms with Gasteiger partial charge in [-0.25, -0.2) is 4.98 Å². The maximum atomic E-state index is 11.8. The molecule has 3 rings (SSSR count). The molecule has 0 fully saturated rings. The number of hydrogen-bond acceptors (Lipinski definition) is 8. The molecule has 0 aliphatic heterocycles. The molecule has 3 aromatic heterocycles. The highest BCUT2D eigenvalue weighted by Gasteiger charge is 2.21. The fourth-order valence-electron chi connectivity index (χ4n) is 2.64. The fraction of sp³-hybridized carbons (Fsp3) is 0.100. The molecule has 3 heterocycles. The summed E-state index contributed by atoms with van der Waals surface area (Å²) in [4.78, 5) is 24.3. The molecule has 0 bridgehead atoms. The summed E-state index contributed by atoms with van der Waals surface area (Å²) >= 11 is 1.28. The highest BCUT2D eigenvalue weighted by Crippen LogP contribution is 2.35. The van der Waals surface area contributed by atoms with Crippen LogP contribution >= 0.6 is 11.8 Å². The maximum absolute atomic E-state index is 11.8. The minimum Gasteiger partial charge on any atom is -0.383 e. The van der Waals surface area contributed by atoms with Crippen molar-refractivity contribution in [3.63, 3.8) is 0 Å². The second kappa shape index (κ2) is 8.83. The maximum Gasteiger partial charge on any atom is 0.269 e. The molecule has 9 heteroatoms. The van der Waals surface area contributed by atoms with E-state index in [0.29, 0.717) is 27.7 Å². The molecule has 142 valence electrons. The van der Waals surface area contributed by atoms with Crippen LogP contribution in [0.15, 0.2) is 47.8 Å². The molecular weight excluding hydrogens is 386 g/mol. The number of nitrogen functional groups attached to an aromatic ring is 1. The van der Waals surface area contributed by atoms with E-state index in [1.807, 2.05) is 6.07 Å². The average molecular weight is 401 g/mol. The van der Waals surface area contributed by atoms with E-state index in [1.54, 1.807) is 42.7 Å². The molecule has 3 N–H and O–H groups in total. The Morgan fingerprint density at radius 2 is 1.97 bits per heavy atom. The Hall–Kier alpha value is -3.95. The second-order valence-electron chi connectivity index (χ2n) is 5.78. The van der Waals surface area contributed by atoms with E-state index >= 15 is 0 Å². The van der Waals surface area contributed by atoms with Crippen molar-refractivity contribution < 1.29 is 4.79 Å². The van der Waals surface area contributed by atoms with Gasteiger partial charge in [-0.1, -0.05) is 6.07 Å². The van der Waals surface area contributed by atoms with Crippen LogP contribution < -0.4 is 11.1 Å². The number of hydrogen-bond donors (Lipinski definition) is 2. The van der Waals surface area contributed by atoms with Crippen LogP contribution in [0.4, 0.5) is 5.82 Å². The van der Waals surface area contributed by atoms with Gasteiger partial charge in [-0.2, -0.15) is 10.5 Å². The summed E-state index contributed by atoms with van der Waals surface area (Å²) in [6.45, 7) is 0. The van der Waals surface area contributed by atoms with Crippen LogP contribution in [0.3, 0.4) is 0 Å². The van der Waals surface area contributed by atoms with Crippen molar-refractivity contribution in [3.05, 3.63) is 65.1 Å². The number of nitrogens with zero attached hydrogens (tertiary/aromatic N) is 5. The van der Waals surface area contributed by atoms with Crippen molar-refractivity contribution in [2.24, 2.45) is 0 Å². The van der Waals surface area contributed by atoms with Crippen LogP contribution in [-0.4, -0.2) is 27.9 Å². The Balaban J connectivity index is 2.01. The molecule has 0 spiro atoms. The molecule has 8 nitrogen and oxygen atoms in total. The van der Waals surface area contributed by atoms with Crippen LogP contribution in [-0.2, 0) is 5.75 Å². The molecular formula is C20H15N7OS. The SMILES string of the molecule is CNC(=O)c1cc(CSc2nc(N)c(C#N)c(-c3ccccn3)c2C#N)ccn1. The first kappa shape index (κ1) is 19.8. The molecule has 0 saturated heterocycles. The van der Waals surface area contributed by atoms with Crippen LogP contribution in [0, 0.1) is 22.7 Å². The topological polar surface area (TPSA) is 141 Å². The number of aromatic nitrogens is 3. The Morgan fingerprint density at radius 1 is 1.17 bits per heavy atom. The molecule has 0 aliphatic carbocycles. The fourth-order valence-corrected chi connectivity index (χ4v) is 3.58. The zero-order valence-electron chi connectivity index (χ0n) is 15.4. The van der Waals surface area contributed by atoms with Gasteiger partial charge in [0.05, 0.1) is 11.3 Å². The Bertz CT molecular complexity index is 1150.